The summed E-state index contributed by atoms with van der Waals surface area (Å²) in [5, 5.41) is 26.1. The molecule has 0 atom stereocenters. The molecule has 62 valence electrons. The fourth-order valence-electron chi connectivity index (χ4n) is 0.482. The number of hydrogen-bond acceptors (Lipinski definition) is 3. The van der Waals surface area contributed by atoms with E-state index in [0.717, 1.165) is 6.42 Å². The zero-order valence-corrected chi connectivity index (χ0v) is 8.68. The third-order valence-electron chi connectivity index (χ3n) is 1.05. The molecular weight excluding hydrogens is 268 g/mol. The first-order chi connectivity index (χ1) is 4.31. The first kappa shape index (κ1) is 10.8. The highest BCUT2D eigenvalue weighted by atomic mass is 79.9. The van der Waals surface area contributed by atoms with Crippen LogP contribution in [0.3, 0.4) is 0 Å². The van der Waals surface area contributed by atoms with Gasteiger partial charge in [-0.05, 0) is 6.42 Å². The molecule has 0 bridgehead atoms. The molecule has 3 nitrogen and oxygen atoms in total. The Labute approximate surface area is 76.3 Å². The Morgan fingerprint density at radius 3 is 1.70 bits per heavy atom. The normalized spacial score (nSPS) is 13.8. The zero-order chi connectivity index (χ0) is 8.41. The van der Waals surface area contributed by atoms with E-state index in [1.54, 1.807) is 0 Å². The summed E-state index contributed by atoms with van der Waals surface area (Å²) >= 11 is 5.86. The van der Waals surface area contributed by atoms with Crippen LogP contribution in [0.15, 0.2) is 0 Å². The molecular formula is C5H10Br2O3. The van der Waals surface area contributed by atoms with Crippen LogP contribution in [0.5, 0.6) is 0 Å². The first-order valence-corrected chi connectivity index (χ1v) is 4.45. The third kappa shape index (κ3) is 2.84. The van der Waals surface area contributed by atoms with E-state index in [2.05, 4.69) is 31.9 Å². The Morgan fingerprint density at radius 1 is 1.20 bits per heavy atom. The van der Waals surface area contributed by atoms with Crippen LogP contribution in [0, 0.1) is 0 Å². The molecule has 0 spiro atoms. The number of halogens is 2. The van der Waals surface area contributed by atoms with Crippen molar-refractivity contribution < 1.29 is 15.3 Å². The van der Waals surface area contributed by atoms with Gasteiger partial charge in [0.2, 0.25) is 0 Å². The van der Waals surface area contributed by atoms with Crippen LogP contribution in [0.4, 0.5) is 0 Å². The molecule has 0 aliphatic rings. The summed E-state index contributed by atoms with van der Waals surface area (Å²) in [4.78, 5) is 0. The maximum absolute atomic E-state index is 8.69. The molecule has 0 amide bonds. The number of rotatable bonds is 3. The first-order valence-electron chi connectivity index (χ1n) is 2.86. The van der Waals surface area contributed by atoms with Gasteiger partial charge in [0.1, 0.15) is 0 Å². The second-order valence-corrected chi connectivity index (χ2v) is 5.86. The van der Waals surface area contributed by atoms with Crippen molar-refractivity contribution in [2.24, 2.45) is 0 Å². The SMILES string of the molecule is CCCC(Br)(Br)C(O)(O)O. The van der Waals surface area contributed by atoms with Crippen molar-refractivity contribution in [1.29, 1.82) is 0 Å². The largest absolute Gasteiger partial charge is 0.342 e. The predicted molar refractivity (Wildman–Crippen MR) is 44.9 cm³/mol. The third-order valence-corrected chi connectivity index (χ3v) is 2.91. The molecule has 0 aromatic rings. The summed E-state index contributed by atoms with van der Waals surface area (Å²) < 4.78 is -1.22. The molecule has 0 unspecified atom stereocenters. The molecule has 0 rings (SSSR count). The van der Waals surface area contributed by atoms with E-state index in [1.807, 2.05) is 6.92 Å². The van der Waals surface area contributed by atoms with Crippen LogP contribution < -0.4 is 0 Å². The van der Waals surface area contributed by atoms with Crippen molar-refractivity contribution >= 4 is 31.9 Å². The average molecular weight is 278 g/mol. The van der Waals surface area contributed by atoms with Gasteiger partial charge in [0.05, 0.1) is 0 Å². The van der Waals surface area contributed by atoms with E-state index in [-0.39, 0.29) is 0 Å². The van der Waals surface area contributed by atoms with Crippen LogP contribution in [0.25, 0.3) is 0 Å². The smallest absolute Gasteiger partial charge is 0.302 e. The Bertz CT molecular complexity index is 108. The van der Waals surface area contributed by atoms with Crippen molar-refractivity contribution in [3.63, 3.8) is 0 Å². The monoisotopic (exact) mass is 276 g/mol. The highest BCUT2D eigenvalue weighted by molar-refractivity contribution is 9.25. The molecule has 5 heteroatoms. The molecule has 3 N–H and O–H groups in total. The molecule has 0 aromatic heterocycles. The van der Waals surface area contributed by atoms with Gasteiger partial charge < -0.3 is 15.3 Å². The summed E-state index contributed by atoms with van der Waals surface area (Å²) in [6.07, 6.45) is 1.14. The van der Waals surface area contributed by atoms with Gasteiger partial charge in [0.25, 0.3) is 0 Å². The molecule has 0 aliphatic carbocycles. The highest BCUT2D eigenvalue weighted by Gasteiger charge is 2.43. The van der Waals surface area contributed by atoms with Crippen molar-refractivity contribution in [1.82, 2.24) is 0 Å². The number of aliphatic hydroxyl groups is 3. The number of alkyl halides is 2. The second-order valence-electron chi connectivity index (χ2n) is 2.09. The highest BCUT2D eigenvalue weighted by Crippen LogP contribution is 2.38. The molecule has 0 heterocycles. The van der Waals surface area contributed by atoms with E-state index in [9.17, 15) is 0 Å². The lowest BCUT2D eigenvalue weighted by Gasteiger charge is -2.28. The molecule has 0 saturated carbocycles. The van der Waals surface area contributed by atoms with Gasteiger partial charge in [-0.3, -0.25) is 0 Å². The van der Waals surface area contributed by atoms with E-state index < -0.39 is 9.21 Å². The lowest BCUT2D eigenvalue weighted by molar-refractivity contribution is -0.314. The number of hydrogen-bond donors (Lipinski definition) is 3. The van der Waals surface area contributed by atoms with Crippen LogP contribution in [-0.4, -0.2) is 24.5 Å². The summed E-state index contributed by atoms with van der Waals surface area (Å²) in [5.74, 6) is -2.72. The van der Waals surface area contributed by atoms with E-state index in [4.69, 9.17) is 15.3 Å². The molecule has 0 aromatic carbocycles. The van der Waals surface area contributed by atoms with Crippen molar-refractivity contribution in [3.8, 4) is 0 Å². The van der Waals surface area contributed by atoms with Gasteiger partial charge in [-0.1, -0.05) is 45.2 Å². The lowest BCUT2D eigenvalue weighted by Crippen LogP contribution is -2.45. The van der Waals surface area contributed by atoms with Crippen molar-refractivity contribution in [2.45, 2.75) is 29.0 Å². The molecule has 0 fully saturated rings. The lowest BCUT2D eigenvalue weighted by atomic mass is 10.2. The van der Waals surface area contributed by atoms with Gasteiger partial charge in [0, 0.05) is 0 Å². The second kappa shape index (κ2) is 3.49. The summed E-state index contributed by atoms with van der Waals surface area (Å²) in [7, 11) is 0. The Balaban J connectivity index is 4.10. The maximum atomic E-state index is 8.69. The van der Waals surface area contributed by atoms with Crippen LogP contribution >= 0.6 is 31.9 Å². The maximum Gasteiger partial charge on any atom is 0.302 e. The minimum absolute atomic E-state index is 0.413. The predicted octanol–water partition coefficient (Wildman–Crippen LogP) is 0.903. The minimum Gasteiger partial charge on any atom is -0.342 e. The van der Waals surface area contributed by atoms with Gasteiger partial charge >= 0.3 is 5.97 Å². The van der Waals surface area contributed by atoms with E-state index >= 15 is 0 Å². The molecule has 0 radical (unpaired) electrons. The van der Waals surface area contributed by atoms with Gasteiger partial charge in [-0.15, -0.1) is 0 Å². The standard InChI is InChI=1S/C5H10Br2O3/c1-2-3-4(6,7)5(8,9)10/h8-10H,2-3H2,1H3. The average Bonchev–Trinajstić information content (AvgIpc) is 1.61. The Morgan fingerprint density at radius 2 is 1.60 bits per heavy atom. The van der Waals surface area contributed by atoms with E-state index in [1.165, 1.54) is 0 Å². The molecule has 10 heavy (non-hydrogen) atoms. The minimum atomic E-state index is -2.72. The molecule has 0 saturated heterocycles. The van der Waals surface area contributed by atoms with Gasteiger partial charge in [0.15, 0.2) is 3.23 Å². The fraction of sp³-hybridized carbons (Fsp3) is 1.00. The summed E-state index contributed by atoms with van der Waals surface area (Å²) in [6, 6.07) is 0. The van der Waals surface area contributed by atoms with Gasteiger partial charge in [-0.25, -0.2) is 0 Å². The van der Waals surface area contributed by atoms with Crippen LogP contribution in [-0.2, 0) is 0 Å². The Hall–Kier alpha value is 0.840. The summed E-state index contributed by atoms with van der Waals surface area (Å²) in [6.45, 7) is 1.86. The fourth-order valence-corrected chi connectivity index (χ4v) is 1.27. The Kier molecular flexibility index (Phi) is 3.78. The van der Waals surface area contributed by atoms with Gasteiger partial charge in [-0.2, -0.15) is 0 Å². The van der Waals surface area contributed by atoms with Crippen molar-refractivity contribution in [2.75, 3.05) is 0 Å². The van der Waals surface area contributed by atoms with Crippen LogP contribution in [0.2, 0.25) is 0 Å². The molecule has 0 aliphatic heterocycles. The topological polar surface area (TPSA) is 60.7 Å². The van der Waals surface area contributed by atoms with Crippen LogP contribution in [0.1, 0.15) is 19.8 Å². The zero-order valence-electron chi connectivity index (χ0n) is 5.51. The van der Waals surface area contributed by atoms with Crippen molar-refractivity contribution in [3.05, 3.63) is 0 Å². The quantitative estimate of drug-likeness (QED) is 0.531. The summed E-state index contributed by atoms with van der Waals surface area (Å²) in [5.41, 5.74) is 0. The van der Waals surface area contributed by atoms with E-state index in [0.29, 0.717) is 6.42 Å².